The number of anilines is 1. The summed E-state index contributed by atoms with van der Waals surface area (Å²) in [6, 6.07) is 8.51. The number of benzene rings is 2. The molecule has 2 N–H and O–H groups in total. The average molecular weight is 309 g/mol. The Kier molecular flexibility index (Phi) is 4.18. The van der Waals surface area contributed by atoms with Gasteiger partial charge in [-0.1, -0.05) is 6.07 Å². The van der Waals surface area contributed by atoms with Gasteiger partial charge in [0.1, 0.15) is 11.6 Å². The molecule has 112 valence electrons. The van der Waals surface area contributed by atoms with Crippen LogP contribution in [0.5, 0.6) is 5.75 Å². The van der Waals surface area contributed by atoms with Crippen LogP contribution in [0, 0.1) is 12.7 Å². The maximum Gasteiger partial charge on any atom is 0.184 e. The third kappa shape index (κ3) is 3.33. The second-order valence-electron chi connectivity index (χ2n) is 4.73. The SMILES string of the molecule is COc1ccc(N)c(S(=O)(=O)Cc2cc(F)ccc2C)c1. The molecule has 2 aromatic carbocycles. The third-order valence-electron chi connectivity index (χ3n) is 3.21. The van der Waals surface area contributed by atoms with Crippen molar-refractivity contribution in [2.45, 2.75) is 17.6 Å². The van der Waals surface area contributed by atoms with E-state index in [1.54, 1.807) is 19.1 Å². The Morgan fingerprint density at radius 2 is 1.90 bits per heavy atom. The molecule has 0 heterocycles. The van der Waals surface area contributed by atoms with Crippen molar-refractivity contribution in [2.24, 2.45) is 0 Å². The standard InChI is InChI=1S/C15H16FNO3S/c1-10-3-4-12(16)7-11(10)9-21(18,19)15-8-13(20-2)5-6-14(15)17/h3-8H,9,17H2,1-2H3. The normalized spacial score (nSPS) is 11.4. The first-order valence-corrected chi connectivity index (χ1v) is 7.90. The zero-order valence-corrected chi connectivity index (χ0v) is 12.6. The molecular formula is C15H16FNO3S. The van der Waals surface area contributed by atoms with E-state index in [2.05, 4.69) is 0 Å². The van der Waals surface area contributed by atoms with Gasteiger partial charge in [0.15, 0.2) is 9.84 Å². The summed E-state index contributed by atoms with van der Waals surface area (Å²) >= 11 is 0. The quantitative estimate of drug-likeness (QED) is 0.882. The maximum absolute atomic E-state index is 13.3. The van der Waals surface area contributed by atoms with E-state index in [1.807, 2.05) is 0 Å². The first kappa shape index (κ1) is 15.3. The van der Waals surface area contributed by atoms with Gasteiger partial charge < -0.3 is 10.5 Å². The number of rotatable bonds is 4. The van der Waals surface area contributed by atoms with Crippen LogP contribution in [0.3, 0.4) is 0 Å². The lowest BCUT2D eigenvalue weighted by molar-refractivity contribution is 0.413. The highest BCUT2D eigenvalue weighted by Gasteiger charge is 2.20. The van der Waals surface area contributed by atoms with Crippen molar-refractivity contribution in [3.8, 4) is 5.75 Å². The van der Waals surface area contributed by atoms with Crippen molar-refractivity contribution >= 4 is 15.5 Å². The molecule has 0 bridgehead atoms. The lowest BCUT2D eigenvalue weighted by Crippen LogP contribution is -2.09. The van der Waals surface area contributed by atoms with Crippen molar-refractivity contribution in [1.29, 1.82) is 0 Å². The summed E-state index contributed by atoms with van der Waals surface area (Å²) in [4.78, 5) is -0.00879. The van der Waals surface area contributed by atoms with Crippen LogP contribution in [0.1, 0.15) is 11.1 Å². The summed E-state index contributed by atoms with van der Waals surface area (Å²) in [6.45, 7) is 1.74. The van der Waals surface area contributed by atoms with Crippen LogP contribution in [0.2, 0.25) is 0 Å². The Morgan fingerprint density at radius 3 is 2.57 bits per heavy atom. The molecule has 0 unspecified atom stereocenters. The molecule has 0 fully saturated rings. The van der Waals surface area contributed by atoms with Gasteiger partial charge >= 0.3 is 0 Å². The van der Waals surface area contributed by atoms with E-state index in [1.165, 1.54) is 31.4 Å². The minimum Gasteiger partial charge on any atom is -0.497 e. The number of hydrogen-bond acceptors (Lipinski definition) is 4. The van der Waals surface area contributed by atoms with E-state index in [-0.39, 0.29) is 16.3 Å². The van der Waals surface area contributed by atoms with Gasteiger partial charge in [-0.15, -0.1) is 0 Å². The maximum atomic E-state index is 13.3. The Balaban J connectivity index is 2.45. The molecule has 0 spiro atoms. The molecule has 0 saturated carbocycles. The second kappa shape index (κ2) is 5.73. The highest BCUT2D eigenvalue weighted by atomic mass is 32.2. The molecule has 0 aliphatic carbocycles. The predicted octanol–water partition coefficient (Wildman–Crippen LogP) is 2.70. The smallest absolute Gasteiger partial charge is 0.184 e. The average Bonchev–Trinajstić information content (AvgIpc) is 2.43. The predicted molar refractivity (Wildman–Crippen MR) is 79.4 cm³/mol. The number of halogens is 1. The van der Waals surface area contributed by atoms with Crippen LogP contribution in [-0.2, 0) is 15.6 Å². The summed E-state index contributed by atoms with van der Waals surface area (Å²) in [5.41, 5.74) is 7.01. The van der Waals surface area contributed by atoms with Gasteiger partial charge in [-0.25, -0.2) is 12.8 Å². The number of nitrogens with two attached hydrogens (primary N) is 1. The van der Waals surface area contributed by atoms with Gasteiger partial charge in [-0.2, -0.15) is 0 Å². The number of nitrogen functional groups attached to an aromatic ring is 1. The van der Waals surface area contributed by atoms with Crippen LogP contribution in [0.15, 0.2) is 41.3 Å². The Morgan fingerprint density at radius 1 is 1.19 bits per heavy atom. The van der Waals surface area contributed by atoms with Crippen LogP contribution >= 0.6 is 0 Å². The molecule has 0 atom stereocenters. The summed E-state index contributed by atoms with van der Waals surface area (Å²) in [6.07, 6.45) is 0. The van der Waals surface area contributed by atoms with Crippen LogP contribution in [0.25, 0.3) is 0 Å². The summed E-state index contributed by atoms with van der Waals surface area (Å²) in [5, 5.41) is 0. The van der Waals surface area contributed by atoms with Crippen molar-refractivity contribution in [1.82, 2.24) is 0 Å². The lowest BCUT2D eigenvalue weighted by Gasteiger charge is -2.11. The van der Waals surface area contributed by atoms with E-state index in [0.29, 0.717) is 16.9 Å². The topological polar surface area (TPSA) is 69.4 Å². The van der Waals surface area contributed by atoms with Crippen LogP contribution in [-0.4, -0.2) is 15.5 Å². The Labute approximate surface area is 123 Å². The van der Waals surface area contributed by atoms with Gasteiger partial charge in [0.2, 0.25) is 0 Å². The fraction of sp³-hybridized carbons (Fsp3) is 0.200. The van der Waals surface area contributed by atoms with Gasteiger partial charge in [-0.3, -0.25) is 0 Å². The summed E-state index contributed by atoms with van der Waals surface area (Å²) < 4.78 is 43.3. The first-order valence-electron chi connectivity index (χ1n) is 6.25. The van der Waals surface area contributed by atoms with E-state index >= 15 is 0 Å². The molecule has 6 heteroatoms. The van der Waals surface area contributed by atoms with Crippen molar-refractivity contribution in [3.63, 3.8) is 0 Å². The third-order valence-corrected chi connectivity index (χ3v) is 4.93. The highest BCUT2D eigenvalue weighted by molar-refractivity contribution is 7.90. The largest absolute Gasteiger partial charge is 0.497 e. The number of aryl methyl sites for hydroxylation is 1. The molecule has 0 aromatic heterocycles. The highest BCUT2D eigenvalue weighted by Crippen LogP contribution is 2.27. The Bertz CT molecular complexity index is 772. The lowest BCUT2D eigenvalue weighted by atomic mass is 10.1. The number of methoxy groups -OCH3 is 1. The minimum absolute atomic E-state index is 0.00879. The van der Waals surface area contributed by atoms with E-state index in [4.69, 9.17) is 10.5 Å². The minimum atomic E-state index is -3.69. The Hall–Kier alpha value is -2.08. The number of hydrogen-bond donors (Lipinski definition) is 1. The molecule has 2 rings (SSSR count). The second-order valence-corrected chi connectivity index (χ2v) is 6.69. The summed E-state index contributed by atoms with van der Waals surface area (Å²) in [5.74, 6) is -0.378. The van der Waals surface area contributed by atoms with E-state index < -0.39 is 15.7 Å². The van der Waals surface area contributed by atoms with Gasteiger partial charge in [0.25, 0.3) is 0 Å². The molecule has 0 saturated heterocycles. The van der Waals surface area contributed by atoms with E-state index in [9.17, 15) is 12.8 Å². The molecule has 21 heavy (non-hydrogen) atoms. The zero-order valence-electron chi connectivity index (χ0n) is 11.8. The zero-order chi connectivity index (χ0) is 15.6. The number of ether oxygens (including phenoxy) is 1. The fourth-order valence-corrected chi connectivity index (χ4v) is 3.59. The van der Waals surface area contributed by atoms with Crippen molar-refractivity contribution in [3.05, 3.63) is 53.3 Å². The van der Waals surface area contributed by atoms with E-state index in [0.717, 1.165) is 0 Å². The van der Waals surface area contributed by atoms with Crippen molar-refractivity contribution < 1.29 is 17.5 Å². The van der Waals surface area contributed by atoms with Crippen LogP contribution in [0.4, 0.5) is 10.1 Å². The molecule has 2 aromatic rings. The first-order chi connectivity index (χ1) is 9.83. The molecular weight excluding hydrogens is 293 g/mol. The fourth-order valence-electron chi connectivity index (χ4n) is 1.99. The molecule has 0 aliphatic heterocycles. The summed E-state index contributed by atoms with van der Waals surface area (Å²) in [7, 11) is -2.24. The van der Waals surface area contributed by atoms with Crippen LogP contribution < -0.4 is 10.5 Å². The van der Waals surface area contributed by atoms with Gasteiger partial charge in [-0.05, 0) is 42.3 Å². The molecule has 0 amide bonds. The molecule has 0 aliphatic rings. The number of sulfone groups is 1. The van der Waals surface area contributed by atoms with Gasteiger partial charge in [0.05, 0.1) is 23.4 Å². The van der Waals surface area contributed by atoms with Crippen molar-refractivity contribution in [2.75, 3.05) is 12.8 Å². The molecule has 4 nitrogen and oxygen atoms in total. The molecule has 0 radical (unpaired) electrons. The van der Waals surface area contributed by atoms with Gasteiger partial charge in [0, 0.05) is 6.07 Å². The monoisotopic (exact) mass is 309 g/mol.